The fourth-order valence-corrected chi connectivity index (χ4v) is 5.72. The standard InChI is InChI=1S/C52H50N4O10/c1-5-47(39-17-25-45(26-18-39)65-51(59)41(35-53)33-37-13-21-43(22-14-37)61-29-9-11-31-63-49(57)7-3)55-56-48(6-2)40-19-27-46(28-20-40)66-52(60)42(36-54)34-38-15-23-44(24-16-38)62-30-10-12-32-64-50(58)8-4/h7-8,13-28,33-34H,3-6,9-12,29-32H2,1-2H3/b41-33+,42-34+,55-47+,56-48+. The Balaban J connectivity index is 1.29. The molecule has 0 unspecified atom stereocenters. The Morgan fingerprint density at radius 2 is 0.848 bits per heavy atom. The minimum Gasteiger partial charge on any atom is -0.494 e. The van der Waals surface area contributed by atoms with E-state index in [1.54, 1.807) is 97.1 Å². The summed E-state index contributed by atoms with van der Waals surface area (Å²) in [5.41, 5.74) is 3.74. The van der Waals surface area contributed by atoms with E-state index in [9.17, 15) is 29.7 Å². The van der Waals surface area contributed by atoms with Crippen LogP contribution in [0.4, 0.5) is 0 Å². The summed E-state index contributed by atoms with van der Waals surface area (Å²) in [6.45, 7) is 12.0. The monoisotopic (exact) mass is 890 g/mol. The number of nitriles is 2. The highest BCUT2D eigenvalue weighted by atomic mass is 16.5. The smallest absolute Gasteiger partial charge is 0.354 e. The average Bonchev–Trinajstić information content (AvgIpc) is 3.34. The van der Waals surface area contributed by atoms with Gasteiger partial charge in [0.05, 0.1) is 37.9 Å². The quantitative estimate of drug-likeness (QED) is 0.0116. The van der Waals surface area contributed by atoms with E-state index in [0.29, 0.717) is 85.8 Å². The van der Waals surface area contributed by atoms with Crippen molar-refractivity contribution < 1.29 is 47.6 Å². The average molecular weight is 891 g/mol. The van der Waals surface area contributed by atoms with Crippen molar-refractivity contribution in [1.29, 1.82) is 10.5 Å². The number of hydrogen-bond donors (Lipinski definition) is 0. The highest BCUT2D eigenvalue weighted by Crippen LogP contribution is 2.21. The second-order valence-corrected chi connectivity index (χ2v) is 14.0. The minimum atomic E-state index is -0.809. The van der Waals surface area contributed by atoms with E-state index in [4.69, 9.17) is 28.4 Å². The van der Waals surface area contributed by atoms with Crippen LogP contribution in [0.5, 0.6) is 23.0 Å². The first-order chi connectivity index (χ1) is 32.1. The predicted octanol–water partition coefficient (Wildman–Crippen LogP) is 9.50. The second-order valence-electron chi connectivity index (χ2n) is 14.0. The molecule has 4 aromatic carbocycles. The zero-order chi connectivity index (χ0) is 47.5. The molecule has 0 N–H and O–H groups in total. The van der Waals surface area contributed by atoms with Crippen molar-refractivity contribution in [2.75, 3.05) is 26.4 Å². The molecule has 0 aliphatic carbocycles. The molecule has 338 valence electrons. The van der Waals surface area contributed by atoms with Gasteiger partial charge in [0.1, 0.15) is 46.3 Å². The zero-order valence-electron chi connectivity index (χ0n) is 36.9. The van der Waals surface area contributed by atoms with E-state index in [2.05, 4.69) is 23.4 Å². The van der Waals surface area contributed by atoms with E-state index >= 15 is 0 Å². The van der Waals surface area contributed by atoms with Gasteiger partial charge in [-0.05, 0) is 146 Å². The molecule has 0 bridgehead atoms. The van der Waals surface area contributed by atoms with Gasteiger partial charge in [0.2, 0.25) is 0 Å². The van der Waals surface area contributed by atoms with Crippen LogP contribution in [0.2, 0.25) is 0 Å². The number of hydrogen-bond acceptors (Lipinski definition) is 14. The van der Waals surface area contributed by atoms with Gasteiger partial charge in [-0.25, -0.2) is 19.2 Å². The Kier molecular flexibility index (Phi) is 21.1. The highest BCUT2D eigenvalue weighted by molar-refractivity contribution is 6.04. The van der Waals surface area contributed by atoms with E-state index in [-0.39, 0.29) is 35.9 Å². The van der Waals surface area contributed by atoms with Crippen LogP contribution in [0.15, 0.2) is 144 Å². The summed E-state index contributed by atoms with van der Waals surface area (Å²) in [5.74, 6) is -0.820. The molecule has 0 atom stereocenters. The van der Waals surface area contributed by atoms with Crippen LogP contribution < -0.4 is 18.9 Å². The molecule has 0 saturated heterocycles. The summed E-state index contributed by atoms with van der Waals surface area (Å²) < 4.78 is 32.3. The maximum atomic E-state index is 12.9. The zero-order valence-corrected chi connectivity index (χ0v) is 36.9. The van der Waals surface area contributed by atoms with E-state index in [1.165, 1.54) is 12.2 Å². The van der Waals surface area contributed by atoms with Gasteiger partial charge in [-0.3, -0.25) is 0 Å². The molecule has 4 rings (SSSR count). The molecule has 0 fully saturated rings. The Labute approximate surface area is 384 Å². The van der Waals surface area contributed by atoms with Crippen molar-refractivity contribution in [3.05, 3.63) is 156 Å². The highest BCUT2D eigenvalue weighted by Gasteiger charge is 2.15. The molecule has 14 heteroatoms. The summed E-state index contributed by atoms with van der Waals surface area (Å²) in [5, 5.41) is 28.5. The fraction of sp³-hybridized carbons (Fsp3) is 0.231. The maximum Gasteiger partial charge on any atom is 0.354 e. The van der Waals surface area contributed by atoms with E-state index in [0.717, 1.165) is 23.3 Å². The minimum absolute atomic E-state index is 0.185. The Morgan fingerprint density at radius 3 is 1.17 bits per heavy atom. The molecule has 0 amide bonds. The van der Waals surface area contributed by atoms with Crippen LogP contribution in [-0.2, 0) is 28.7 Å². The van der Waals surface area contributed by atoms with Gasteiger partial charge in [0.15, 0.2) is 0 Å². The van der Waals surface area contributed by atoms with Crippen LogP contribution in [0.3, 0.4) is 0 Å². The lowest BCUT2D eigenvalue weighted by atomic mass is 10.1. The summed E-state index contributed by atoms with van der Waals surface area (Å²) in [7, 11) is 0. The van der Waals surface area contributed by atoms with Crippen molar-refractivity contribution in [1.82, 2.24) is 0 Å². The van der Waals surface area contributed by atoms with E-state index < -0.39 is 23.9 Å². The molecule has 66 heavy (non-hydrogen) atoms. The van der Waals surface area contributed by atoms with Gasteiger partial charge in [0, 0.05) is 12.2 Å². The van der Waals surface area contributed by atoms with Crippen LogP contribution in [0.1, 0.15) is 74.6 Å². The Morgan fingerprint density at radius 1 is 0.515 bits per heavy atom. The first-order valence-corrected chi connectivity index (χ1v) is 21.2. The van der Waals surface area contributed by atoms with Crippen molar-refractivity contribution in [2.45, 2.75) is 52.4 Å². The number of esters is 4. The van der Waals surface area contributed by atoms with Gasteiger partial charge >= 0.3 is 23.9 Å². The van der Waals surface area contributed by atoms with Gasteiger partial charge in [-0.2, -0.15) is 20.7 Å². The SMILES string of the molecule is C=CC(=O)OCCCCOc1ccc(/C=C(\C#N)C(=O)Oc2ccc(/C(CC)=N/N=C(\CC)c3ccc(OC(=O)/C(C#N)=C/c4ccc(OCCCCOC(=O)C=C)cc4)cc3)cc2)cc1. The van der Waals surface area contributed by atoms with Gasteiger partial charge in [-0.15, -0.1) is 0 Å². The lowest BCUT2D eigenvalue weighted by Crippen LogP contribution is -2.10. The molecule has 0 radical (unpaired) electrons. The number of ether oxygens (including phenoxy) is 6. The molecule has 0 aliphatic heterocycles. The van der Waals surface area contributed by atoms with Gasteiger partial charge < -0.3 is 28.4 Å². The van der Waals surface area contributed by atoms with Crippen LogP contribution in [0.25, 0.3) is 12.2 Å². The number of carbonyl (C=O) groups is 4. The number of unbranched alkanes of at least 4 members (excludes halogenated alkanes) is 2. The third kappa shape index (κ3) is 17.1. The van der Waals surface area contributed by atoms with Crippen LogP contribution >= 0.6 is 0 Å². The molecule has 0 heterocycles. The van der Waals surface area contributed by atoms with Crippen LogP contribution in [-0.4, -0.2) is 61.7 Å². The lowest BCUT2D eigenvalue weighted by molar-refractivity contribution is -0.138. The first kappa shape index (κ1) is 50.3. The van der Waals surface area contributed by atoms with Crippen molar-refractivity contribution in [2.24, 2.45) is 10.2 Å². The molecule has 0 aliphatic rings. The first-order valence-electron chi connectivity index (χ1n) is 21.2. The fourth-order valence-electron chi connectivity index (χ4n) is 5.72. The van der Waals surface area contributed by atoms with Crippen molar-refractivity contribution in [3.63, 3.8) is 0 Å². The van der Waals surface area contributed by atoms with E-state index in [1.807, 2.05) is 26.0 Å². The summed E-state index contributed by atoms with van der Waals surface area (Å²) in [4.78, 5) is 48.0. The maximum absolute atomic E-state index is 12.9. The molecule has 4 aromatic rings. The predicted molar refractivity (Wildman–Crippen MR) is 250 cm³/mol. The van der Waals surface area contributed by atoms with Crippen molar-refractivity contribution >= 4 is 47.5 Å². The third-order valence-corrected chi connectivity index (χ3v) is 9.26. The number of rotatable bonds is 25. The third-order valence-electron chi connectivity index (χ3n) is 9.26. The topological polar surface area (TPSA) is 196 Å². The summed E-state index contributed by atoms with van der Waals surface area (Å²) in [6.07, 6.45) is 8.87. The normalized spacial score (nSPS) is 11.6. The Bertz CT molecular complexity index is 2330. The Hall–Kier alpha value is -8.36. The number of nitrogens with zero attached hydrogens (tertiary/aromatic N) is 4. The summed E-state index contributed by atoms with van der Waals surface area (Å²) in [6, 6.07) is 31.1. The van der Waals surface area contributed by atoms with Gasteiger partial charge in [0.25, 0.3) is 0 Å². The number of carbonyl (C=O) groups excluding carboxylic acids is 4. The molecule has 0 spiro atoms. The van der Waals surface area contributed by atoms with Crippen molar-refractivity contribution in [3.8, 4) is 35.1 Å². The molecule has 0 aromatic heterocycles. The van der Waals surface area contributed by atoms with Crippen LogP contribution in [0, 0.1) is 22.7 Å². The molecule has 0 saturated carbocycles. The second kappa shape index (κ2) is 27.6. The molecule has 14 nitrogen and oxygen atoms in total. The lowest BCUT2D eigenvalue weighted by Gasteiger charge is -2.08. The van der Waals surface area contributed by atoms with Gasteiger partial charge in [-0.1, -0.05) is 51.3 Å². The largest absolute Gasteiger partial charge is 0.494 e. The molecular formula is C52H50N4O10. The molecular weight excluding hydrogens is 841 g/mol. The number of benzene rings is 4. The summed E-state index contributed by atoms with van der Waals surface area (Å²) >= 11 is 0.